The second-order valence-electron chi connectivity index (χ2n) is 9.30. The molecule has 172 valence electrons. The van der Waals surface area contributed by atoms with E-state index < -0.39 is 6.04 Å². The Morgan fingerprint density at radius 1 is 1.06 bits per heavy atom. The number of carbonyl (C=O) groups excluding carboxylic acids is 2. The molecule has 3 rings (SSSR count). The maximum Gasteiger partial charge on any atom is 0.245 e. The Labute approximate surface area is 191 Å². The Hall–Kier alpha value is -1.63. The number of hydrogen-bond acceptors (Lipinski definition) is 4. The molecule has 1 atom stereocenters. The lowest BCUT2D eigenvalue weighted by atomic mass is 10.00. The Bertz CT molecular complexity index is 711. The first-order valence-electron chi connectivity index (χ1n) is 11.6. The minimum Gasteiger partial charge on any atom is -0.344 e. The lowest BCUT2D eigenvalue weighted by Crippen LogP contribution is -2.65. The number of nitrogens with zero attached hydrogens (tertiary/aromatic N) is 2. The third-order valence-electron chi connectivity index (χ3n) is 6.29. The topological polar surface area (TPSA) is 64.7 Å². The van der Waals surface area contributed by atoms with Gasteiger partial charge in [0.05, 0.1) is 0 Å². The third-order valence-corrected chi connectivity index (χ3v) is 6.54. The second-order valence-corrected chi connectivity index (χ2v) is 9.74. The molecule has 0 radical (unpaired) electrons. The van der Waals surface area contributed by atoms with Crippen LogP contribution in [0.4, 0.5) is 0 Å². The van der Waals surface area contributed by atoms with E-state index in [0.29, 0.717) is 36.5 Å². The molecule has 1 aliphatic carbocycles. The Morgan fingerprint density at radius 3 is 2.32 bits per heavy atom. The van der Waals surface area contributed by atoms with Gasteiger partial charge in [0.2, 0.25) is 11.8 Å². The van der Waals surface area contributed by atoms with Crippen molar-refractivity contribution in [2.75, 3.05) is 33.7 Å². The fraction of sp³-hybridized carbons (Fsp3) is 0.667. The molecule has 0 spiro atoms. The van der Waals surface area contributed by atoms with Gasteiger partial charge in [0.1, 0.15) is 6.04 Å². The average molecular weight is 449 g/mol. The summed E-state index contributed by atoms with van der Waals surface area (Å²) in [7, 11) is 3.87. The van der Waals surface area contributed by atoms with Gasteiger partial charge in [-0.25, -0.2) is 0 Å². The van der Waals surface area contributed by atoms with Crippen molar-refractivity contribution < 1.29 is 9.59 Å². The lowest BCUT2D eigenvalue weighted by Gasteiger charge is -2.43. The quantitative estimate of drug-likeness (QED) is 0.570. The molecular weight excluding hydrogens is 412 g/mol. The molecule has 1 aromatic rings. The van der Waals surface area contributed by atoms with E-state index in [2.05, 4.69) is 10.6 Å². The van der Waals surface area contributed by atoms with E-state index in [4.69, 9.17) is 11.6 Å². The number of carbonyl (C=O) groups is 2. The van der Waals surface area contributed by atoms with Crippen LogP contribution < -0.4 is 10.6 Å². The van der Waals surface area contributed by atoms with Gasteiger partial charge in [-0.1, -0.05) is 49.4 Å². The third kappa shape index (κ3) is 7.78. The molecule has 1 saturated carbocycles. The van der Waals surface area contributed by atoms with Crippen LogP contribution in [0.5, 0.6) is 0 Å². The zero-order valence-electron chi connectivity index (χ0n) is 18.9. The first-order chi connectivity index (χ1) is 14.9. The van der Waals surface area contributed by atoms with Crippen LogP contribution in [-0.2, 0) is 16.0 Å². The van der Waals surface area contributed by atoms with Crippen LogP contribution in [0, 0.1) is 0 Å². The normalized spacial score (nSPS) is 19.0. The van der Waals surface area contributed by atoms with Crippen molar-refractivity contribution in [2.45, 2.75) is 69.5 Å². The fourth-order valence-electron chi connectivity index (χ4n) is 4.41. The van der Waals surface area contributed by atoms with Crippen LogP contribution >= 0.6 is 11.6 Å². The molecule has 2 N–H and O–H groups in total. The molecule has 6 nitrogen and oxygen atoms in total. The van der Waals surface area contributed by atoms with Crippen molar-refractivity contribution in [1.82, 2.24) is 20.4 Å². The molecule has 1 aromatic carbocycles. The largest absolute Gasteiger partial charge is 0.344 e. The van der Waals surface area contributed by atoms with Gasteiger partial charge >= 0.3 is 0 Å². The summed E-state index contributed by atoms with van der Waals surface area (Å²) < 4.78 is 0. The van der Waals surface area contributed by atoms with Crippen LogP contribution in [0.25, 0.3) is 0 Å². The monoisotopic (exact) mass is 448 g/mol. The van der Waals surface area contributed by atoms with Gasteiger partial charge in [-0.15, -0.1) is 0 Å². The molecule has 7 heteroatoms. The molecule has 1 unspecified atom stereocenters. The van der Waals surface area contributed by atoms with Gasteiger partial charge in [-0.3, -0.25) is 9.59 Å². The van der Waals surface area contributed by atoms with Crippen LogP contribution in [-0.4, -0.2) is 73.5 Å². The van der Waals surface area contributed by atoms with Gasteiger partial charge < -0.3 is 20.4 Å². The van der Waals surface area contributed by atoms with Gasteiger partial charge in [0, 0.05) is 49.6 Å². The maximum atomic E-state index is 13.2. The number of halogens is 1. The van der Waals surface area contributed by atoms with E-state index in [1.807, 2.05) is 48.2 Å². The highest BCUT2D eigenvalue weighted by atomic mass is 35.5. The predicted molar refractivity (Wildman–Crippen MR) is 125 cm³/mol. The number of nitrogens with one attached hydrogen (secondary N) is 2. The number of rotatable bonds is 9. The number of amides is 2. The summed E-state index contributed by atoms with van der Waals surface area (Å²) in [5.41, 5.74) is 0.990. The van der Waals surface area contributed by atoms with Gasteiger partial charge in [0.15, 0.2) is 0 Å². The molecule has 1 saturated heterocycles. The molecule has 1 aliphatic heterocycles. The SMILES string of the molecule is CN(C)CCC(=O)NC(Cc1ccc(Cl)cc1)C(=O)N1CC(NC2CCCCCC2)C1. The average Bonchev–Trinajstić information content (AvgIpc) is 2.98. The van der Waals surface area contributed by atoms with Gasteiger partial charge in [-0.05, 0) is 44.6 Å². The van der Waals surface area contributed by atoms with E-state index >= 15 is 0 Å². The van der Waals surface area contributed by atoms with Crippen molar-refractivity contribution in [3.05, 3.63) is 34.9 Å². The first-order valence-corrected chi connectivity index (χ1v) is 12.0. The molecule has 0 aromatic heterocycles. The molecule has 1 heterocycles. The van der Waals surface area contributed by atoms with E-state index in [1.165, 1.54) is 38.5 Å². The number of hydrogen-bond donors (Lipinski definition) is 2. The zero-order chi connectivity index (χ0) is 22.2. The minimum atomic E-state index is -0.547. The lowest BCUT2D eigenvalue weighted by molar-refractivity contribution is -0.140. The minimum absolute atomic E-state index is 0.00655. The second kappa shape index (κ2) is 11.8. The maximum absolute atomic E-state index is 13.2. The van der Waals surface area contributed by atoms with E-state index in [9.17, 15) is 9.59 Å². The zero-order valence-corrected chi connectivity index (χ0v) is 19.7. The summed E-state index contributed by atoms with van der Waals surface area (Å²) in [4.78, 5) is 29.5. The summed E-state index contributed by atoms with van der Waals surface area (Å²) in [5, 5.41) is 7.39. The summed E-state index contributed by atoms with van der Waals surface area (Å²) in [6, 6.07) is 7.88. The molecule has 0 bridgehead atoms. The van der Waals surface area contributed by atoms with Crippen molar-refractivity contribution in [3.8, 4) is 0 Å². The summed E-state index contributed by atoms with van der Waals surface area (Å²) in [6.45, 7) is 2.10. The molecule has 2 fully saturated rings. The van der Waals surface area contributed by atoms with E-state index in [1.54, 1.807) is 0 Å². The first kappa shape index (κ1) is 24.0. The molecule has 2 amide bonds. The summed E-state index contributed by atoms with van der Waals surface area (Å²) in [6.07, 6.45) is 8.62. The number of benzene rings is 1. The Morgan fingerprint density at radius 2 is 1.71 bits per heavy atom. The van der Waals surface area contributed by atoms with Crippen molar-refractivity contribution in [1.29, 1.82) is 0 Å². The van der Waals surface area contributed by atoms with Crippen LogP contribution in [0.15, 0.2) is 24.3 Å². The van der Waals surface area contributed by atoms with Crippen LogP contribution in [0.3, 0.4) is 0 Å². The Balaban J connectivity index is 1.55. The molecular formula is C24H37ClN4O2. The van der Waals surface area contributed by atoms with Crippen LogP contribution in [0.1, 0.15) is 50.5 Å². The highest BCUT2D eigenvalue weighted by molar-refractivity contribution is 6.30. The molecule has 2 aliphatic rings. The summed E-state index contributed by atoms with van der Waals surface area (Å²) in [5.74, 6) is -0.0817. The van der Waals surface area contributed by atoms with Gasteiger partial charge in [-0.2, -0.15) is 0 Å². The highest BCUT2D eigenvalue weighted by Crippen LogP contribution is 2.20. The summed E-state index contributed by atoms with van der Waals surface area (Å²) >= 11 is 6.00. The predicted octanol–water partition coefficient (Wildman–Crippen LogP) is 2.84. The van der Waals surface area contributed by atoms with Crippen molar-refractivity contribution in [2.24, 2.45) is 0 Å². The van der Waals surface area contributed by atoms with E-state index in [-0.39, 0.29) is 11.8 Å². The highest BCUT2D eigenvalue weighted by Gasteiger charge is 2.36. The smallest absolute Gasteiger partial charge is 0.245 e. The van der Waals surface area contributed by atoms with Crippen LogP contribution in [0.2, 0.25) is 5.02 Å². The van der Waals surface area contributed by atoms with Crippen molar-refractivity contribution >= 4 is 23.4 Å². The van der Waals surface area contributed by atoms with Crippen molar-refractivity contribution in [3.63, 3.8) is 0 Å². The number of likely N-dealkylation sites (tertiary alicyclic amines) is 1. The molecule has 31 heavy (non-hydrogen) atoms. The van der Waals surface area contributed by atoms with E-state index in [0.717, 1.165) is 18.7 Å². The standard InChI is InChI=1S/C24H37ClN4O2/c1-28(2)14-13-23(30)27-22(15-18-9-11-19(25)12-10-18)24(31)29-16-21(17-29)26-20-7-5-3-4-6-8-20/h9-12,20-22,26H,3-8,13-17H2,1-2H3,(H,27,30). The Kier molecular flexibility index (Phi) is 9.17. The van der Waals surface area contributed by atoms with Gasteiger partial charge in [0.25, 0.3) is 0 Å². The fourth-order valence-corrected chi connectivity index (χ4v) is 4.54.